The zero-order valence-electron chi connectivity index (χ0n) is 14.2. The van der Waals surface area contributed by atoms with E-state index in [0.717, 1.165) is 29.8 Å². The molecule has 0 aliphatic heterocycles. The first kappa shape index (κ1) is 16.1. The molecule has 0 radical (unpaired) electrons. The van der Waals surface area contributed by atoms with Gasteiger partial charge >= 0.3 is 0 Å². The molecule has 1 heterocycles. The number of nitrogens with one attached hydrogen (secondary N) is 1. The molecule has 130 valence electrons. The van der Waals surface area contributed by atoms with E-state index in [9.17, 15) is 0 Å². The molecule has 3 N–H and O–H groups in total. The average molecular weight is 338 g/mol. The molecule has 25 heavy (non-hydrogen) atoms. The number of aromatic amines is 1. The number of ether oxygens (including phenoxy) is 1. The molecule has 1 unspecified atom stereocenters. The van der Waals surface area contributed by atoms with E-state index in [-0.39, 0.29) is 6.04 Å². The Labute approximate surface area is 146 Å². The van der Waals surface area contributed by atoms with Crippen LogP contribution < -0.4 is 10.5 Å². The Morgan fingerprint density at radius 2 is 1.96 bits per heavy atom. The Balaban J connectivity index is 1.81. The smallest absolute Gasteiger partial charge is 0.143 e. The molecular weight excluding hydrogens is 316 g/mol. The topological polar surface area (TPSA) is 69.5 Å². The lowest BCUT2D eigenvalue weighted by Gasteiger charge is -2.21. The number of rotatable bonds is 6. The second kappa shape index (κ2) is 6.88. The van der Waals surface area contributed by atoms with Crippen molar-refractivity contribution in [1.29, 1.82) is 0 Å². The zero-order valence-corrected chi connectivity index (χ0v) is 14.2. The predicted octanol–water partition coefficient (Wildman–Crippen LogP) is 3.74. The monoisotopic (exact) mass is 338 g/mol. The van der Waals surface area contributed by atoms with Crippen molar-refractivity contribution < 1.29 is 14.5 Å². The molecule has 3 aromatic rings. The molecule has 0 spiro atoms. The van der Waals surface area contributed by atoms with Gasteiger partial charge in [-0.1, -0.05) is 36.4 Å². The SMILES string of the molecule is COOCCOc1ccc2c3c(c(-c4ccccc4)[nH]c13)CCC2N. The van der Waals surface area contributed by atoms with E-state index in [2.05, 4.69) is 40.2 Å². The highest BCUT2D eigenvalue weighted by Gasteiger charge is 2.25. The molecule has 1 atom stereocenters. The number of hydrogen-bond acceptors (Lipinski definition) is 4. The Morgan fingerprint density at radius 1 is 1.12 bits per heavy atom. The second-order valence-corrected chi connectivity index (χ2v) is 6.23. The van der Waals surface area contributed by atoms with Crippen molar-refractivity contribution >= 4 is 10.9 Å². The lowest BCUT2D eigenvalue weighted by Crippen LogP contribution is -2.16. The predicted molar refractivity (Wildman–Crippen MR) is 97.4 cm³/mol. The number of benzene rings is 2. The minimum absolute atomic E-state index is 0.0697. The van der Waals surface area contributed by atoms with Crippen LogP contribution in [0.3, 0.4) is 0 Å². The fraction of sp³-hybridized carbons (Fsp3) is 0.300. The standard InChI is InChI=1S/C20H22N2O3/c1-23-25-12-11-24-17-10-8-14-16(21)9-7-15-18(14)20(17)22-19(15)13-5-3-2-4-6-13/h2-6,8,10,16,22H,7,9,11-12,21H2,1H3. The van der Waals surface area contributed by atoms with E-state index in [1.165, 1.54) is 29.2 Å². The van der Waals surface area contributed by atoms with Crippen LogP contribution in [-0.4, -0.2) is 25.3 Å². The van der Waals surface area contributed by atoms with Crippen LogP contribution in [0.25, 0.3) is 22.2 Å². The third-order valence-corrected chi connectivity index (χ3v) is 4.76. The van der Waals surface area contributed by atoms with Crippen LogP contribution in [0.15, 0.2) is 42.5 Å². The van der Waals surface area contributed by atoms with Gasteiger partial charge in [-0.3, -0.25) is 0 Å². The summed E-state index contributed by atoms with van der Waals surface area (Å²) in [5, 5.41) is 1.21. The van der Waals surface area contributed by atoms with Gasteiger partial charge in [0.25, 0.3) is 0 Å². The summed E-state index contributed by atoms with van der Waals surface area (Å²) in [6.45, 7) is 0.793. The quantitative estimate of drug-likeness (QED) is 0.408. The van der Waals surface area contributed by atoms with Crippen LogP contribution in [0.5, 0.6) is 5.75 Å². The molecular formula is C20H22N2O3. The third kappa shape index (κ3) is 2.91. The molecule has 0 fully saturated rings. The van der Waals surface area contributed by atoms with Gasteiger partial charge in [0.1, 0.15) is 19.0 Å². The largest absolute Gasteiger partial charge is 0.489 e. The van der Waals surface area contributed by atoms with E-state index in [1.807, 2.05) is 12.1 Å². The molecule has 2 aromatic carbocycles. The van der Waals surface area contributed by atoms with Gasteiger partial charge in [0.05, 0.1) is 12.6 Å². The van der Waals surface area contributed by atoms with Crippen molar-refractivity contribution in [2.75, 3.05) is 20.3 Å². The van der Waals surface area contributed by atoms with Gasteiger partial charge in [0, 0.05) is 17.1 Å². The van der Waals surface area contributed by atoms with Crippen LogP contribution in [0.2, 0.25) is 0 Å². The zero-order chi connectivity index (χ0) is 17.2. The highest BCUT2D eigenvalue weighted by Crippen LogP contribution is 2.43. The highest BCUT2D eigenvalue weighted by molar-refractivity contribution is 5.97. The van der Waals surface area contributed by atoms with E-state index in [4.69, 9.17) is 15.4 Å². The maximum atomic E-state index is 6.35. The lowest BCUT2D eigenvalue weighted by atomic mass is 9.87. The molecule has 1 aromatic heterocycles. The van der Waals surface area contributed by atoms with Crippen LogP contribution in [0, 0.1) is 0 Å². The summed E-state index contributed by atoms with van der Waals surface area (Å²) in [6, 6.07) is 14.6. The van der Waals surface area contributed by atoms with Gasteiger partial charge in [0.2, 0.25) is 0 Å². The first-order valence-electron chi connectivity index (χ1n) is 8.56. The fourth-order valence-corrected chi connectivity index (χ4v) is 3.63. The molecule has 0 saturated carbocycles. The number of hydrogen-bond donors (Lipinski definition) is 2. The van der Waals surface area contributed by atoms with E-state index in [1.54, 1.807) is 0 Å². The van der Waals surface area contributed by atoms with Crippen LogP contribution in [-0.2, 0) is 16.2 Å². The molecule has 0 amide bonds. The van der Waals surface area contributed by atoms with Gasteiger partial charge in [-0.2, -0.15) is 0 Å². The van der Waals surface area contributed by atoms with Crippen molar-refractivity contribution in [2.24, 2.45) is 5.73 Å². The third-order valence-electron chi connectivity index (χ3n) is 4.76. The Hall–Kier alpha value is -2.34. The summed E-state index contributed by atoms with van der Waals surface area (Å²) in [5.74, 6) is 0.816. The summed E-state index contributed by atoms with van der Waals surface area (Å²) in [6.07, 6.45) is 1.93. The molecule has 5 heteroatoms. The normalized spacial score (nSPS) is 16.3. The summed E-state index contributed by atoms with van der Waals surface area (Å²) in [4.78, 5) is 13.1. The van der Waals surface area contributed by atoms with Crippen LogP contribution >= 0.6 is 0 Å². The van der Waals surface area contributed by atoms with Crippen molar-refractivity contribution in [2.45, 2.75) is 18.9 Å². The Bertz CT molecular complexity index is 874. The maximum absolute atomic E-state index is 6.35. The molecule has 1 aliphatic rings. The van der Waals surface area contributed by atoms with Gasteiger partial charge < -0.3 is 15.5 Å². The molecule has 1 aliphatic carbocycles. The summed E-state index contributed by atoms with van der Waals surface area (Å²) >= 11 is 0. The molecule has 5 nitrogen and oxygen atoms in total. The van der Waals surface area contributed by atoms with E-state index >= 15 is 0 Å². The summed E-state index contributed by atoms with van der Waals surface area (Å²) in [7, 11) is 1.49. The number of aryl methyl sites for hydroxylation is 1. The average Bonchev–Trinajstić information content (AvgIpc) is 3.04. The van der Waals surface area contributed by atoms with Crippen molar-refractivity contribution in [3.8, 4) is 17.0 Å². The number of nitrogens with two attached hydrogens (primary N) is 1. The number of aromatic nitrogens is 1. The fourth-order valence-electron chi connectivity index (χ4n) is 3.63. The van der Waals surface area contributed by atoms with Crippen molar-refractivity contribution in [3.63, 3.8) is 0 Å². The van der Waals surface area contributed by atoms with E-state index in [0.29, 0.717) is 13.2 Å². The molecule has 0 saturated heterocycles. The van der Waals surface area contributed by atoms with Gasteiger partial charge in [-0.25, -0.2) is 9.78 Å². The minimum atomic E-state index is 0.0697. The number of H-pyrrole nitrogens is 1. The van der Waals surface area contributed by atoms with Gasteiger partial charge in [0.15, 0.2) is 0 Å². The first-order valence-corrected chi connectivity index (χ1v) is 8.56. The van der Waals surface area contributed by atoms with Gasteiger partial charge in [-0.15, -0.1) is 0 Å². The highest BCUT2D eigenvalue weighted by atomic mass is 17.2. The van der Waals surface area contributed by atoms with Crippen molar-refractivity contribution in [1.82, 2.24) is 4.98 Å². The first-order chi connectivity index (χ1) is 12.3. The van der Waals surface area contributed by atoms with Gasteiger partial charge in [-0.05, 0) is 35.6 Å². The minimum Gasteiger partial charge on any atom is -0.489 e. The van der Waals surface area contributed by atoms with Crippen LogP contribution in [0.1, 0.15) is 23.6 Å². The lowest BCUT2D eigenvalue weighted by molar-refractivity contribution is -0.274. The van der Waals surface area contributed by atoms with Crippen LogP contribution in [0.4, 0.5) is 0 Å². The molecule has 0 bridgehead atoms. The summed E-state index contributed by atoms with van der Waals surface area (Å²) < 4.78 is 5.91. The molecule has 4 rings (SSSR count). The maximum Gasteiger partial charge on any atom is 0.143 e. The second-order valence-electron chi connectivity index (χ2n) is 6.23. The van der Waals surface area contributed by atoms with E-state index < -0.39 is 0 Å². The summed E-state index contributed by atoms with van der Waals surface area (Å²) in [5.41, 5.74) is 12.2. The Kier molecular flexibility index (Phi) is 4.44. The Morgan fingerprint density at radius 3 is 2.76 bits per heavy atom. The van der Waals surface area contributed by atoms with Crippen molar-refractivity contribution in [3.05, 3.63) is 53.6 Å².